The van der Waals surface area contributed by atoms with Crippen LogP contribution in [0.15, 0.2) is 58.3 Å². The first-order valence-corrected chi connectivity index (χ1v) is 20.7. The number of nitrogens with zero attached hydrogens (tertiary/aromatic N) is 2. The second-order valence-electron chi connectivity index (χ2n) is 13.4. The molecule has 0 aliphatic carbocycles. The summed E-state index contributed by atoms with van der Waals surface area (Å²) < 4.78 is 26.8. The minimum absolute atomic E-state index is 0.0877. The molecule has 0 aliphatic heterocycles. The summed E-state index contributed by atoms with van der Waals surface area (Å²) in [7, 11) is -3.77. The number of amides is 2. The maximum Gasteiger partial charge on any atom is 0.238 e. The Bertz CT molecular complexity index is 1160. The highest BCUT2D eigenvalue weighted by molar-refractivity contribution is 7.91. The van der Waals surface area contributed by atoms with Crippen LogP contribution >= 0.6 is 0 Å². The van der Waals surface area contributed by atoms with Crippen LogP contribution in [0, 0.1) is 0 Å². The van der Waals surface area contributed by atoms with Gasteiger partial charge >= 0.3 is 0 Å². The van der Waals surface area contributed by atoms with Crippen molar-refractivity contribution >= 4 is 33.0 Å². The number of carbonyl (C=O) groups is 2. The molecule has 0 radical (unpaired) electrons. The van der Waals surface area contributed by atoms with Gasteiger partial charge in [-0.1, -0.05) is 105 Å². The fourth-order valence-corrected chi connectivity index (χ4v) is 7.23. The molecule has 2 amide bonds. The second-order valence-corrected chi connectivity index (χ2v) is 15.4. The predicted octanol–water partition coefficient (Wildman–Crippen LogP) is 9.32. The van der Waals surface area contributed by atoms with Crippen LogP contribution in [0.4, 0.5) is 11.4 Å². The molecule has 0 fully saturated rings. The van der Waals surface area contributed by atoms with Gasteiger partial charge in [0.15, 0.2) is 0 Å². The third-order valence-corrected chi connectivity index (χ3v) is 10.7. The van der Waals surface area contributed by atoms with Crippen LogP contribution in [0.2, 0.25) is 0 Å². The SMILES string of the molecule is CCCCCCN(CCCCCC)CC(=O)Nc1ccc(S(=O)(=O)c2ccc(NC(=O)CN(CCCCCC)CCCCCC)cc2)cc1. The van der Waals surface area contributed by atoms with Crippen molar-refractivity contribution in [3.63, 3.8) is 0 Å². The summed E-state index contributed by atoms with van der Waals surface area (Å²) in [5, 5.41) is 5.89. The van der Waals surface area contributed by atoms with Crippen molar-refractivity contribution < 1.29 is 18.0 Å². The molecule has 0 atom stereocenters. The van der Waals surface area contributed by atoms with Crippen molar-refractivity contribution in [2.45, 2.75) is 140 Å². The molecular formula is C40H66N4O4S. The lowest BCUT2D eigenvalue weighted by Crippen LogP contribution is -2.34. The molecule has 2 aromatic carbocycles. The Balaban J connectivity index is 1.95. The quantitative estimate of drug-likeness (QED) is 0.0860. The summed E-state index contributed by atoms with van der Waals surface area (Å²) in [5.41, 5.74) is 1.15. The number of sulfone groups is 1. The first-order valence-electron chi connectivity index (χ1n) is 19.2. The molecule has 0 aromatic heterocycles. The number of anilines is 2. The third-order valence-electron chi connectivity index (χ3n) is 8.94. The van der Waals surface area contributed by atoms with E-state index in [0.29, 0.717) is 24.5 Å². The van der Waals surface area contributed by atoms with Gasteiger partial charge in [0.1, 0.15) is 0 Å². The van der Waals surface area contributed by atoms with Crippen molar-refractivity contribution in [2.24, 2.45) is 0 Å². The highest BCUT2D eigenvalue weighted by atomic mass is 32.2. The summed E-state index contributed by atoms with van der Waals surface area (Å²) in [5.74, 6) is -0.175. The Kier molecular flexibility index (Phi) is 21.8. The summed E-state index contributed by atoms with van der Waals surface area (Å²) in [6.45, 7) is 13.1. The van der Waals surface area contributed by atoms with Gasteiger partial charge in [-0.2, -0.15) is 0 Å². The molecule has 49 heavy (non-hydrogen) atoms. The van der Waals surface area contributed by atoms with E-state index in [4.69, 9.17) is 0 Å². The van der Waals surface area contributed by atoms with Gasteiger partial charge in [-0.15, -0.1) is 0 Å². The lowest BCUT2D eigenvalue weighted by atomic mass is 10.1. The topological polar surface area (TPSA) is 98.8 Å². The molecular weight excluding hydrogens is 633 g/mol. The molecule has 9 heteroatoms. The standard InChI is InChI=1S/C40H66N4O4S/c1-5-9-13-17-29-43(30-18-14-10-6-2)33-39(45)41-35-21-25-37(26-22-35)49(47,48)38-27-23-36(24-28-38)42-40(46)34-44(31-19-15-11-7-3)32-20-16-12-8-4/h21-28H,5-20,29-34H2,1-4H3,(H,41,45)(H,42,46). The molecule has 8 nitrogen and oxygen atoms in total. The van der Waals surface area contributed by atoms with Crippen LogP contribution in [0.5, 0.6) is 0 Å². The lowest BCUT2D eigenvalue weighted by Gasteiger charge is -2.22. The Morgan fingerprint density at radius 3 is 1.02 bits per heavy atom. The van der Waals surface area contributed by atoms with Crippen LogP contribution in [0.25, 0.3) is 0 Å². The highest BCUT2D eigenvalue weighted by Crippen LogP contribution is 2.24. The van der Waals surface area contributed by atoms with Crippen molar-refractivity contribution in [2.75, 3.05) is 49.9 Å². The van der Waals surface area contributed by atoms with E-state index >= 15 is 0 Å². The average molecular weight is 699 g/mol. The molecule has 2 aromatic rings. The van der Waals surface area contributed by atoms with Crippen LogP contribution in [0.3, 0.4) is 0 Å². The Hall–Kier alpha value is -2.75. The van der Waals surface area contributed by atoms with Crippen LogP contribution < -0.4 is 10.6 Å². The van der Waals surface area contributed by atoms with E-state index in [1.54, 1.807) is 24.3 Å². The van der Waals surface area contributed by atoms with E-state index in [0.717, 1.165) is 51.9 Å². The van der Waals surface area contributed by atoms with E-state index in [9.17, 15) is 18.0 Å². The molecule has 2 rings (SSSR count). The summed E-state index contributed by atoms with van der Waals surface area (Å²) in [6, 6.07) is 12.7. The molecule has 0 saturated heterocycles. The highest BCUT2D eigenvalue weighted by Gasteiger charge is 2.19. The lowest BCUT2D eigenvalue weighted by molar-refractivity contribution is -0.118. The predicted molar refractivity (Wildman–Crippen MR) is 205 cm³/mol. The molecule has 0 aliphatic rings. The zero-order valence-corrected chi connectivity index (χ0v) is 31.9. The Morgan fingerprint density at radius 2 is 0.755 bits per heavy atom. The van der Waals surface area contributed by atoms with Gasteiger partial charge in [-0.25, -0.2) is 8.42 Å². The van der Waals surface area contributed by atoms with Crippen molar-refractivity contribution in [1.29, 1.82) is 0 Å². The Labute approximate surface area is 298 Å². The maximum atomic E-state index is 13.4. The monoisotopic (exact) mass is 698 g/mol. The van der Waals surface area contributed by atoms with Crippen LogP contribution in [0.1, 0.15) is 130 Å². The number of rotatable bonds is 28. The number of nitrogens with one attached hydrogen (secondary N) is 2. The summed E-state index contributed by atoms with van der Waals surface area (Å²) >= 11 is 0. The van der Waals surface area contributed by atoms with Gasteiger partial charge < -0.3 is 10.6 Å². The summed E-state index contributed by atoms with van der Waals surface area (Å²) in [4.78, 5) is 30.6. The maximum absolute atomic E-state index is 13.4. The summed E-state index contributed by atoms with van der Waals surface area (Å²) in [6.07, 6.45) is 18.6. The fraction of sp³-hybridized carbons (Fsp3) is 0.650. The third kappa shape index (κ3) is 17.7. The van der Waals surface area contributed by atoms with E-state index < -0.39 is 9.84 Å². The first kappa shape index (κ1) is 42.4. The van der Waals surface area contributed by atoms with Gasteiger partial charge in [0.05, 0.1) is 22.9 Å². The zero-order valence-electron chi connectivity index (χ0n) is 31.1. The normalized spacial score (nSPS) is 11.7. The van der Waals surface area contributed by atoms with Gasteiger partial charge in [0.25, 0.3) is 0 Å². The number of carbonyl (C=O) groups excluding carboxylic acids is 2. The second kappa shape index (κ2) is 25.2. The van der Waals surface area contributed by atoms with Gasteiger partial charge in [0.2, 0.25) is 21.7 Å². The van der Waals surface area contributed by atoms with Crippen LogP contribution in [-0.4, -0.2) is 69.3 Å². The van der Waals surface area contributed by atoms with Crippen molar-refractivity contribution in [1.82, 2.24) is 9.80 Å². The van der Waals surface area contributed by atoms with Gasteiger partial charge in [-0.05, 0) is 100 Å². The molecule has 276 valence electrons. The largest absolute Gasteiger partial charge is 0.325 e. The van der Waals surface area contributed by atoms with E-state index in [1.165, 1.54) is 101 Å². The molecule has 0 spiro atoms. The molecule has 0 bridgehead atoms. The number of unbranched alkanes of at least 4 members (excludes halogenated alkanes) is 12. The molecule has 0 unspecified atom stereocenters. The average Bonchev–Trinajstić information content (AvgIpc) is 3.09. The minimum Gasteiger partial charge on any atom is -0.325 e. The Morgan fingerprint density at radius 1 is 0.469 bits per heavy atom. The van der Waals surface area contributed by atoms with E-state index in [1.807, 2.05) is 0 Å². The minimum atomic E-state index is -3.77. The van der Waals surface area contributed by atoms with E-state index in [2.05, 4.69) is 48.1 Å². The molecule has 0 heterocycles. The number of hydrogen-bond acceptors (Lipinski definition) is 6. The van der Waals surface area contributed by atoms with Crippen LogP contribution in [-0.2, 0) is 19.4 Å². The molecule has 0 saturated carbocycles. The molecule has 2 N–H and O–H groups in total. The first-order chi connectivity index (χ1) is 23.7. The van der Waals surface area contributed by atoms with E-state index in [-0.39, 0.29) is 21.6 Å². The number of benzene rings is 2. The number of hydrogen-bond donors (Lipinski definition) is 2. The van der Waals surface area contributed by atoms with Gasteiger partial charge in [-0.3, -0.25) is 19.4 Å². The zero-order chi connectivity index (χ0) is 35.7. The fourth-order valence-electron chi connectivity index (χ4n) is 5.97. The van der Waals surface area contributed by atoms with Gasteiger partial charge in [0, 0.05) is 11.4 Å². The van der Waals surface area contributed by atoms with Crippen molar-refractivity contribution in [3.05, 3.63) is 48.5 Å². The smallest absolute Gasteiger partial charge is 0.238 e. The van der Waals surface area contributed by atoms with Crippen molar-refractivity contribution in [3.8, 4) is 0 Å².